The summed E-state index contributed by atoms with van der Waals surface area (Å²) >= 11 is 6.07. The molecule has 0 heterocycles. The van der Waals surface area contributed by atoms with E-state index in [0.29, 0.717) is 40.7 Å². The number of benzene rings is 1. The summed E-state index contributed by atoms with van der Waals surface area (Å²) < 4.78 is 15.6. The molecule has 106 valence electrons. The van der Waals surface area contributed by atoms with Crippen LogP contribution in [0.25, 0.3) is 0 Å². The molecule has 19 heavy (non-hydrogen) atoms. The van der Waals surface area contributed by atoms with E-state index in [0.717, 1.165) is 0 Å². The van der Waals surface area contributed by atoms with E-state index in [-0.39, 0.29) is 0 Å². The maximum atomic E-state index is 11.7. The Kier molecular flexibility index (Phi) is 6.11. The number of carbonyl (C=O) groups is 1. The van der Waals surface area contributed by atoms with Gasteiger partial charge in [-0.1, -0.05) is 11.6 Å². The maximum Gasteiger partial charge on any atom is 0.340 e. The monoisotopic (exact) mass is 304 g/mol. The van der Waals surface area contributed by atoms with Gasteiger partial charge in [-0.2, -0.15) is 0 Å². The molecular formula is C12H17ClN2O3S. The highest BCUT2D eigenvalue weighted by atomic mass is 35.5. The van der Waals surface area contributed by atoms with Crippen LogP contribution in [0.2, 0.25) is 5.02 Å². The van der Waals surface area contributed by atoms with Crippen LogP contribution in [-0.4, -0.2) is 35.8 Å². The Morgan fingerprint density at radius 1 is 1.53 bits per heavy atom. The van der Waals surface area contributed by atoms with Crippen molar-refractivity contribution in [2.45, 2.75) is 6.42 Å². The van der Waals surface area contributed by atoms with Crippen LogP contribution in [0.1, 0.15) is 16.8 Å². The molecule has 0 saturated carbocycles. The second-order valence-electron chi connectivity index (χ2n) is 3.97. The summed E-state index contributed by atoms with van der Waals surface area (Å²) in [4.78, 5) is 11.7. The second kappa shape index (κ2) is 7.35. The molecule has 0 aromatic heterocycles. The third kappa shape index (κ3) is 4.72. The highest BCUT2D eigenvalue weighted by Gasteiger charge is 2.15. The van der Waals surface area contributed by atoms with Gasteiger partial charge in [0.1, 0.15) is 0 Å². The summed E-state index contributed by atoms with van der Waals surface area (Å²) in [6.45, 7) is 0.563. The van der Waals surface area contributed by atoms with E-state index in [1.165, 1.54) is 13.2 Å². The summed E-state index contributed by atoms with van der Waals surface area (Å²) in [6, 6.07) is 3.08. The van der Waals surface area contributed by atoms with Crippen molar-refractivity contribution < 1.29 is 13.7 Å². The zero-order valence-electron chi connectivity index (χ0n) is 10.9. The number of halogens is 1. The largest absolute Gasteiger partial charge is 0.465 e. The van der Waals surface area contributed by atoms with E-state index >= 15 is 0 Å². The average Bonchev–Trinajstić information content (AvgIpc) is 2.34. The summed E-state index contributed by atoms with van der Waals surface area (Å²) in [6.07, 6.45) is 2.36. The van der Waals surface area contributed by atoms with Crippen molar-refractivity contribution in [2.75, 3.05) is 36.7 Å². The molecule has 0 fully saturated rings. The van der Waals surface area contributed by atoms with Gasteiger partial charge in [0.15, 0.2) is 0 Å². The molecule has 7 heteroatoms. The van der Waals surface area contributed by atoms with Gasteiger partial charge >= 0.3 is 5.97 Å². The van der Waals surface area contributed by atoms with Crippen LogP contribution in [0, 0.1) is 0 Å². The lowest BCUT2D eigenvalue weighted by atomic mass is 10.1. The summed E-state index contributed by atoms with van der Waals surface area (Å²) in [5, 5.41) is 3.42. The Balaban J connectivity index is 2.86. The number of anilines is 2. The molecule has 5 nitrogen and oxygen atoms in total. The van der Waals surface area contributed by atoms with Gasteiger partial charge in [0.25, 0.3) is 0 Å². The minimum absolute atomic E-state index is 0.296. The molecule has 1 atom stereocenters. The molecule has 0 aliphatic heterocycles. The van der Waals surface area contributed by atoms with Crippen LogP contribution in [0.5, 0.6) is 0 Å². The first-order chi connectivity index (χ1) is 8.95. The number of nitrogens with one attached hydrogen (secondary N) is 1. The van der Waals surface area contributed by atoms with Crippen molar-refractivity contribution in [2.24, 2.45) is 0 Å². The van der Waals surface area contributed by atoms with Crippen LogP contribution < -0.4 is 11.1 Å². The Labute approximate surface area is 119 Å². The number of hydrogen-bond acceptors (Lipinski definition) is 5. The predicted molar refractivity (Wildman–Crippen MR) is 79.2 cm³/mol. The molecule has 0 bridgehead atoms. The smallest absolute Gasteiger partial charge is 0.340 e. The van der Waals surface area contributed by atoms with Gasteiger partial charge in [-0.25, -0.2) is 4.79 Å². The van der Waals surface area contributed by atoms with Crippen molar-refractivity contribution in [1.29, 1.82) is 0 Å². The van der Waals surface area contributed by atoms with Gasteiger partial charge in [0.05, 0.1) is 23.4 Å². The van der Waals surface area contributed by atoms with Gasteiger partial charge in [-0.05, 0) is 18.6 Å². The number of methoxy groups -OCH3 is 1. The molecule has 1 unspecified atom stereocenters. The fourth-order valence-corrected chi connectivity index (χ4v) is 2.41. The Morgan fingerprint density at radius 3 is 2.79 bits per heavy atom. The average molecular weight is 305 g/mol. The van der Waals surface area contributed by atoms with E-state index in [1.807, 2.05) is 0 Å². The molecule has 0 aliphatic rings. The summed E-state index contributed by atoms with van der Waals surface area (Å²) in [7, 11) is 0.462. The maximum absolute atomic E-state index is 11.7. The highest BCUT2D eigenvalue weighted by molar-refractivity contribution is 7.84. The number of hydrogen-bond donors (Lipinski definition) is 2. The second-order valence-corrected chi connectivity index (χ2v) is 5.94. The lowest BCUT2D eigenvalue weighted by Crippen LogP contribution is -2.12. The van der Waals surface area contributed by atoms with Crippen molar-refractivity contribution >= 4 is 39.7 Å². The summed E-state index contributed by atoms with van der Waals surface area (Å²) in [5.41, 5.74) is 6.84. The van der Waals surface area contributed by atoms with Gasteiger partial charge < -0.3 is 15.8 Å². The fraction of sp³-hybridized carbons (Fsp3) is 0.417. The van der Waals surface area contributed by atoms with E-state index in [4.69, 9.17) is 17.3 Å². The highest BCUT2D eigenvalue weighted by Crippen LogP contribution is 2.29. The molecule has 0 saturated heterocycles. The van der Waals surface area contributed by atoms with Gasteiger partial charge in [-0.3, -0.25) is 4.21 Å². The molecule has 0 amide bonds. The molecular weight excluding hydrogens is 288 g/mol. The van der Waals surface area contributed by atoms with E-state index in [2.05, 4.69) is 10.1 Å². The summed E-state index contributed by atoms with van der Waals surface area (Å²) in [5.74, 6) is 0.0865. The van der Waals surface area contributed by atoms with E-state index in [1.54, 1.807) is 12.3 Å². The van der Waals surface area contributed by atoms with Gasteiger partial charge in [0, 0.05) is 35.0 Å². The molecule has 0 radical (unpaired) electrons. The van der Waals surface area contributed by atoms with Crippen LogP contribution in [-0.2, 0) is 15.5 Å². The van der Waals surface area contributed by atoms with Crippen LogP contribution in [0.15, 0.2) is 12.1 Å². The zero-order valence-corrected chi connectivity index (χ0v) is 12.4. The fourth-order valence-electron chi connectivity index (χ4n) is 1.57. The SMILES string of the molecule is COC(=O)c1cc(N)cc(Cl)c1NCCCS(C)=O. The minimum atomic E-state index is -0.833. The number of nitrogens with two attached hydrogens (primary N) is 1. The molecule has 1 rings (SSSR count). The van der Waals surface area contributed by atoms with Crippen LogP contribution >= 0.6 is 11.6 Å². The lowest BCUT2D eigenvalue weighted by Gasteiger charge is -2.13. The first kappa shape index (κ1) is 15.8. The van der Waals surface area contributed by atoms with Crippen molar-refractivity contribution in [3.05, 3.63) is 22.7 Å². The number of ether oxygens (including phenoxy) is 1. The standard InChI is InChI=1S/C12H17ClN2O3S/c1-18-12(16)9-6-8(14)7-10(13)11(9)15-4-3-5-19(2)17/h6-7,15H,3-5,14H2,1-2H3. The Hall–Kier alpha value is -1.27. The number of rotatable bonds is 6. The predicted octanol–water partition coefficient (Wildman–Crippen LogP) is 1.89. The van der Waals surface area contributed by atoms with Crippen LogP contribution in [0.4, 0.5) is 11.4 Å². The first-order valence-corrected chi connectivity index (χ1v) is 7.77. The normalized spacial score (nSPS) is 11.9. The van der Waals surface area contributed by atoms with Crippen molar-refractivity contribution in [3.8, 4) is 0 Å². The lowest BCUT2D eigenvalue weighted by molar-refractivity contribution is 0.0602. The molecule has 1 aromatic carbocycles. The zero-order chi connectivity index (χ0) is 14.4. The molecule has 3 N–H and O–H groups in total. The number of nitrogen functional groups attached to an aromatic ring is 1. The molecule has 1 aromatic rings. The minimum Gasteiger partial charge on any atom is -0.465 e. The third-order valence-corrected chi connectivity index (χ3v) is 3.59. The number of esters is 1. The Morgan fingerprint density at radius 2 is 2.21 bits per heavy atom. The van der Waals surface area contributed by atoms with Gasteiger partial charge in [-0.15, -0.1) is 0 Å². The topological polar surface area (TPSA) is 81.4 Å². The Bertz CT molecular complexity index is 494. The quantitative estimate of drug-likeness (QED) is 0.476. The third-order valence-electron chi connectivity index (χ3n) is 2.43. The van der Waals surface area contributed by atoms with Crippen molar-refractivity contribution in [1.82, 2.24) is 0 Å². The van der Waals surface area contributed by atoms with E-state index < -0.39 is 16.8 Å². The molecule has 0 aliphatic carbocycles. The molecule has 0 spiro atoms. The van der Waals surface area contributed by atoms with E-state index in [9.17, 15) is 9.00 Å². The van der Waals surface area contributed by atoms with Crippen LogP contribution in [0.3, 0.4) is 0 Å². The number of carbonyl (C=O) groups excluding carboxylic acids is 1. The van der Waals surface area contributed by atoms with Gasteiger partial charge in [0.2, 0.25) is 0 Å². The van der Waals surface area contributed by atoms with Crippen molar-refractivity contribution in [3.63, 3.8) is 0 Å². The first-order valence-electron chi connectivity index (χ1n) is 5.67.